The highest BCUT2D eigenvalue weighted by Gasteiger charge is 2.31. The molecule has 8 heteroatoms. The molecule has 1 saturated heterocycles. The number of aliphatic hydroxyl groups is 1. The van der Waals surface area contributed by atoms with E-state index in [2.05, 4.69) is 9.71 Å². The van der Waals surface area contributed by atoms with Gasteiger partial charge in [-0.2, -0.15) is 17.4 Å². The van der Waals surface area contributed by atoms with Crippen LogP contribution in [0.3, 0.4) is 0 Å². The first-order valence-corrected chi connectivity index (χ1v) is 8.21. The number of piperidine rings is 1. The number of rotatable bonds is 5. The van der Waals surface area contributed by atoms with Crippen LogP contribution in [-0.4, -0.2) is 42.0 Å². The fraction of sp³-hybridized carbons (Fsp3) is 0.700. The molecule has 2 N–H and O–H groups in total. The van der Waals surface area contributed by atoms with Crippen molar-refractivity contribution < 1.29 is 13.5 Å². The Bertz CT molecular complexity index is 461. The van der Waals surface area contributed by atoms with E-state index in [1.54, 1.807) is 11.6 Å². The molecule has 1 fully saturated rings. The van der Waals surface area contributed by atoms with Gasteiger partial charge in [0.15, 0.2) is 0 Å². The molecule has 2 rings (SSSR count). The highest BCUT2D eigenvalue weighted by molar-refractivity contribution is 7.87. The third-order valence-corrected chi connectivity index (χ3v) is 5.37. The minimum atomic E-state index is -3.53. The van der Waals surface area contributed by atoms with Crippen LogP contribution in [0.4, 0.5) is 0 Å². The lowest BCUT2D eigenvalue weighted by atomic mass is 10.1. The molecular weight excluding hydrogens is 274 g/mol. The van der Waals surface area contributed by atoms with Gasteiger partial charge in [0.1, 0.15) is 5.01 Å². The number of hydrogen-bond donors (Lipinski definition) is 2. The second-order valence-electron chi connectivity index (χ2n) is 4.19. The molecule has 2 heterocycles. The van der Waals surface area contributed by atoms with Crippen molar-refractivity contribution in [2.24, 2.45) is 0 Å². The fourth-order valence-electron chi connectivity index (χ4n) is 2.05. The molecule has 0 aliphatic carbocycles. The Morgan fingerprint density at radius 3 is 3.06 bits per heavy atom. The summed E-state index contributed by atoms with van der Waals surface area (Å²) < 4.78 is 28.2. The van der Waals surface area contributed by atoms with E-state index in [0.29, 0.717) is 13.0 Å². The molecule has 0 radical (unpaired) electrons. The van der Waals surface area contributed by atoms with Crippen molar-refractivity contribution in [3.8, 4) is 0 Å². The third-order valence-electron chi connectivity index (χ3n) is 2.98. The van der Waals surface area contributed by atoms with Crippen LogP contribution in [0.2, 0.25) is 0 Å². The Balaban J connectivity index is 2.00. The molecule has 1 aliphatic heterocycles. The predicted octanol–water partition coefficient (Wildman–Crippen LogP) is 0.324. The van der Waals surface area contributed by atoms with Gasteiger partial charge < -0.3 is 5.11 Å². The molecule has 1 aromatic rings. The Morgan fingerprint density at radius 1 is 1.56 bits per heavy atom. The quantitative estimate of drug-likeness (QED) is 0.819. The van der Waals surface area contributed by atoms with Gasteiger partial charge in [-0.05, 0) is 12.8 Å². The number of aliphatic hydroxyl groups excluding tert-OH is 1. The summed E-state index contributed by atoms with van der Waals surface area (Å²) >= 11 is 1.41. The normalized spacial score (nSPS) is 22.2. The molecule has 1 aliphatic rings. The summed E-state index contributed by atoms with van der Waals surface area (Å²) in [7, 11) is -3.53. The summed E-state index contributed by atoms with van der Waals surface area (Å²) in [4.78, 5) is 4.03. The molecule has 0 saturated carbocycles. The lowest BCUT2D eigenvalue weighted by Crippen LogP contribution is -2.50. The van der Waals surface area contributed by atoms with Crippen molar-refractivity contribution >= 4 is 21.5 Å². The van der Waals surface area contributed by atoms with Gasteiger partial charge in [0.05, 0.1) is 13.2 Å². The van der Waals surface area contributed by atoms with Crippen LogP contribution in [0.15, 0.2) is 11.6 Å². The summed E-state index contributed by atoms with van der Waals surface area (Å²) in [5.41, 5.74) is 0. The van der Waals surface area contributed by atoms with Crippen molar-refractivity contribution in [1.29, 1.82) is 0 Å². The van der Waals surface area contributed by atoms with Crippen LogP contribution in [0, 0.1) is 0 Å². The maximum atomic E-state index is 12.1. The molecule has 1 atom stereocenters. The maximum Gasteiger partial charge on any atom is 0.280 e. The predicted molar refractivity (Wildman–Crippen MR) is 69.3 cm³/mol. The first kappa shape index (κ1) is 13.9. The standard InChI is InChI=1S/C10H17N3O3S2/c14-8-9-3-1-2-5-13(9)18(15,16)12-7-10-11-4-6-17-10/h4,6,9,12,14H,1-3,5,7-8H2. The highest BCUT2D eigenvalue weighted by Crippen LogP contribution is 2.19. The van der Waals surface area contributed by atoms with Crippen molar-refractivity contribution in [2.75, 3.05) is 13.2 Å². The van der Waals surface area contributed by atoms with Crippen LogP contribution in [0.5, 0.6) is 0 Å². The molecule has 0 amide bonds. The van der Waals surface area contributed by atoms with E-state index in [0.717, 1.165) is 17.8 Å². The van der Waals surface area contributed by atoms with E-state index in [4.69, 9.17) is 0 Å². The average Bonchev–Trinajstić information content (AvgIpc) is 2.89. The summed E-state index contributed by atoms with van der Waals surface area (Å²) in [6.45, 7) is 0.547. The zero-order valence-electron chi connectivity index (χ0n) is 9.95. The van der Waals surface area contributed by atoms with Crippen molar-refractivity contribution in [3.05, 3.63) is 16.6 Å². The van der Waals surface area contributed by atoms with Crippen molar-refractivity contribution in [2.45, 2.75) is 31.8 Å². The number of aromatic nitrogens is 1. The zero-order chi connectivity index (χ0) is 13.0. The minimum Gasteiger partial charge on any atom is -0.395 e. The average molecular weight is 291 g/mol. The Hall–Kier alpha value is -0.540. The van der Waals surface area contributed by atoms with E-state index in [9.17, 15) is 13.5 Å². The van der Waals surface area contributed by atoms with Gasteiger partial charge in [-0.1, -0.05) is 6.42 Å². The largest absolute Gasteiger partial charge is 0.395 e. The minimum absolute atomic E-state index is 0.127. The lowest BCUT2D eigenvalue weighted by molar-refractivity contribution is 0.154. The van der Waals surface area contributed by atoms with E-state index >= 15 is 0 Å². The summed E-state index contributed by atoms with van der Waals surface area (Å²) in [6.07, 6.45) is 4.17. The van der Waals surface area contributed by atoms with Gasteiger partial charge in [-0.25, -0.2) is 4.98 Å². The first-order valence-electron chi connectivity index (χ1n) is 5.89. The molecule has 6 nitrogen and oxygen atoms in total. The van der Waals surface area contributed by atoms with E-state index in [1.807, 2.05) is 0 Å². The molecule has 18 heavy (non-hydrogen) atoms. The van der Waals surface area contributed by atoms with Crippen molar-refractivity contribution in [3.63, 3.8) is 0 Å². The Morgan fingerprint density at radius 2 is 2.39 bits per heavy atom. The van der Waals surface area contributed by atoms with Gasteiger partial charge in [0, 0.05) is 24.2 Å². The summed E-state index contributed by atoms with van der Waals surface area (Å²) in [5, 5.41) is 11.8. The van der Waals surface area contributed by atoms with Crippen molar-refractivity contribution in [1.82, 2.24) is 14.0 Å². The van der Waals surface area contributed by atoms with Crippen LogP contribution in [-0.2, 0) is 16.8 Å². The molecule has 0 bridgehead atoms. The number of nitrogens with zero attached hydrogens (tertiary/aromatic N) is 2. The van der Waals surface area contributed by atoms with Gasteiger partial charge in [-0.15, -0.1) is 11.3 Å². The second-order valence-corrected chi connectivity index (χ2v) is 6.88. The van der Waals surface area contributed by atoms with E-state index in [-0.39, 0.29) is 19.2 Å². The Labute approximate surface area is 111 Å². The molecular formula is C10H17N3O3S2. The van der Waals surface area contributed by atoms with Crippen LogP contribution < -0.4 is 4.72 Å². The van der Waals surface area contributed by atoms with Gasteiger partial charge in [0.25, 0.3) is 10.2 Å². The summed E-state index contributed by atoms with van der Waals surface area (Å²) in [5.74, 6) is 0. The van der Waals surface area contributed by atoms with Gasteiger partial charge >= 0.3 is 0 Å². The summed E-state index contributed by atoms with van der Waals surface area (Å²) in [6, 6.07) is -0.299. The van der Waals surface area contributed by atoms with Crippen LogP contribution in [0.25, 0.3) is 0 Å². The molecule has 0 spiro atoms. The van der Waals surface area contributed by atoms with Crippen LogP contribution in [0.1, 0.15) is 24.3 Å². The zero-order valence-corrected chi connectivity index (χ0v) is 11.6. The smallest absolute Gasteiger partial charge is 0.280 e. The van der Waals surface area contributed by atoms with E-state index < -0.39 is 10.2 Å². The second kappa shape index (κ2) is 6.07. The topological polar surface area (TPSA) is 82.5 Å². The third kappa shape index (κ3) is 3.27. The maximum absolute atomic E-state index is 12.1. The monoisotopic (exact) mass is 291 g/mol. The molecule has 1 unspecified atom stereocenters. The lowest BCUT2D eigenvalue weighted by Gasteiger charge is -2.33. The van der Waals surface area contributed by atoms with Crippen LogP contribution >= 0.6 is 11.3 Å². The Kier molecular flexibility index (Phi) is 4.68. The molecule has 1 aromatic heterocycles. The molecule has 102 valence electrons. The first-order chi connectivity index (χ1) is 8.63. The highest BCUT2D eigenvalue weighted by atomic mass is 32.2. The number of hydrogen-bond acceptors (Lipinski definition) is 5. The van der Waals surface area contributed by atoms with Gasteiger partial charge in [-0.3, -0.25) is 0 Å². The van der Waals surface area contributed by atoms with E-state index in [1.165, 1.54) is 15.6 Å². The molecule has 0 aromatic carbocycles. The fourth-order valence-corrected chi connectivity index (χ4v) is 4.12. The number of nitrogens with one attached hydrogen (secondary N) is 1. The van der Waals surface area contributed by atoms with Gasteiger partial charge in [0.2, 0.25) is 0 Å². The SMILES string of the molecule is O=S(=O)(NCc1nccs1)N1CCCCC1CO. The number of thiazole rings is 1.